The van der Waals surface area contributed by atoms with Crippen LogP contribution in [0.1, 0.15) is 34.2 Å². The number of nitrogens with one attached hydrogen (secondary N) is 1. The largest absolute Gasteiger partial charge is 0.462 e. The highest BCUT2D eigenvalue weighted by Gasteiger charge is 2.19. The zero-order valence-electron chi connectivity index (χ0n) is 15.1. The number of fused-ring (bicyclic) bond motifs is 1. The van der Waals surface area contributed by atoms with E-state index >= 15 is 0 Å². The van der Waals surface area contributed by atoms with Crippen LogP contribution in [0.5, 0.6) is 0 Å². The van der Waals surface area contributed by atoms with Gasteiger partial charge in [-0.15, -0.1) is 0 Å². The highest BCUT2D eigenvalue weighted by Crippen LogP contribution is 2.27. The topological polar surface area (TPSA) is 86.9 Å². The van der Waals surface area contributed by atoms with Gasteiger partial charge in [-0.05, 0) is 20.8 Å². The Morgan fingerprint density at radius 3 is 2.64 bits per heavy atom. The van der Waals surface area contributed by atoms with E-state index in [2.05, 4.69) is 20.5 Å². The van der Waals surface area contributed by atoms with E-state index in [0.29, 0.717) is 30.0 Å². The molecule has 1 N–H and O–H groups in total. The normalized spacial score (nSPS) is 11.1. The molecule has 0 aliphatic heterocycles. The summed E-state index contributed by atoms with van der Waals surface area (Å²) in [5.74, 6) is -0.400. The summed E-state index contributed by atoms with van der Waals surface area (Å²) in [4.78, 5) is 16.7. The molecule has 0 atom stereocenters. The van der Waals surface area contributed by atoms with E-state index in [9.17, 15) is 4.79 Å². The fourth-order valence-electron chi connectivity index (χ4n) is 2.90. The van der Waals surface area contributed by atoms with Gasteiger partial charge in [0.2, 0.25) is 0 Å². The maximum atomic E-state index is 12.3. The predicted octanol–water partition coefficient (Wildman–Crippen LogP) is 2.11. The first-order chi connectivity index (χ1) is 11.9. The molecule has 0 amide bonds. The van der Waals surface area contributed by atoms with E-state index in [1.165, 1.54) is 6.20 Å². The van der Waals surface area contributed by atoms with E-state index < -0.39 is 5.97 Å². The molecule has 3 aromatic heterocycles. The Morgan fingerprint density at radius 1 is 1.24 bits per heavy atom. The molecule has 0 spiro atoms. The van der Waals surface area contributed by atoms with Gasteiger partial charge in [-0.3, -0.25) is 9.36 Å². The highest BCUT2D eigenvalue weighted by molar-refractivity contribution is 6.04. The lowest BCUT2D eigenvalue weighted by molar-refractivity contribution is 0.0527. The van der Waals surface area contributed by atoms with Crippen molar-refractivity contribution in [2.45, 2.75) is 27.3 Å². The van der Waals surface area contributed by atoms with Crippen LogP contribution < -0.4 is 5.32 Å². The van der Waals surface area contributed by atoms with Crippen LogP contribution in [0.25, 0.3) is 11.0 Å². The highest BCUT2D eigenvalue weighted by atomic mass is 16.5. The molecular weight excluding hydrogens is 320 g/mol. The van der Waals surface area contributed by atoms with Gasteiger partial charge in [0, 0.05) is 38.1 Å². The van der Waals surface area contributed by atoms with Crippen LogP contribution in [-0.4, -0.2) is 37.1 Å². The molecular formula is C17H22N6O2. The van der Waals surface area contributed by atoms with Crippen molar-refractivity contribution < 1.29 is 9.53 Å². The van der Waals surface area contributed by atoms with Crippen LogP contribution in [0.2, 0.25) is 0 Å². The summed E-state index contributed by atoms with van der Waals surface area (Å²) in [6.07, 6.45) is 3.24. The molecule has 0 saturated carbocycles. The van der Waals surface area contributed by atoms with Gasteiger partial charge < -0.3 is 10.1 Å². The van der Waals surface area contributed by atoms with Crippen LogP contribution in [0.3, 0.4) is 0 Å². The van der Waals surface area contributed by atoms with Crippen LogP contribution in [-0.2, 0) is 25.4 Å². The third kappa shape index (κ3) is 2.95. The number of carbonyl (C=O) groups is 1. The first-order valence-corrected chi connectivity index (χ1v) is 8.14. The van der Waals surface area contributed by atoms with E-state index in [1.807, 2.05) is 32.6 Å². The molecule has 3 aromatic rings. The van der Waals surface area contributed by atoms with Crippen molar-refractivity contribution in [1.29, 1.82) is 0 Å². The number of hydrogen-bond donors (Lipinski definition) is 1. The van der Waals surface area contributed by atoms with Crippen molar-refractivity contribution in [3.8, 4) is 0 Å². The number of aromatic nitrogens is 5. The third-order valence-electron chi connectivity index (χ3n) is 4.36. The number of hydrogen-bond acceptors (Lipinski definition) is 6. The summed E-state index contributed by atoms with van der Waals surface area (Å²) in [5.41, 5.74) is 4.93. The van der Waals surface area contributed by atoms with E-state index in [-0.39, 0.29) is 0 Å². The third-order valence-corrected chi connectivity index (χ3v) is 4.36. The van der Waals surface area contributed by atoms with Crippen molar-refractivity contribution in [3.05, 3.63) is 34.9 Å². The number of anilines is 1. The lowest BCUT2D eigenvalue weighted by atomic mass is 10.1. The maximum Gasteiger partial charge on any atom is 0.341 e. The molecule has 3 rings (SSSR count). The van der Waals surface area contributed by atoms with E-state index in [1.54, 1.807) is 17.8 Å². The molecule has 25 heavy (non-hydrogen) atoms. The molecule has 3 heterocycles. The molecule has 132 valence electrons. The molecule has 0 radical (unpaired) electrons. The van der Waals surface area contributed by atoms with E-state index in [0.717, 1.165) is 22.3 Å². The second-order valence-electron chi connectivity index (χ2n) is 5.90. The van der Waals surface area contributed by atoms with Gasteiger partial charge in [0.1, 0.15) is 5.56 Å². The van der Waals surface area contributed by atoms with Crippen LogP contribution in [0, 0.1) is 13.8 Å². The minimum absolute atomic E-state index is 0.310. The Kier molecular flexibility index (Phi) is 4.43. The van der Waals surface area contributed by atoms with Crippen LogP contribution >= 0.6 is 0 Å². The molecule has 0 aliphatic carbocycles. The average Bonchev–Trinajstić information content (AvgIpc) is 3.06. The van der Waals surface area contributed by atoms with Gasteiger partial charge >= 0.3 is 5.97 Å². The summed E-state index contributed by atoms with van der Waals surface area (Å²) in [5, 5.41) is 12.8. The lowest BCUT2D eigenvalue weighted by Crippen LogP contribution is -2.12. The summed E-state index contributed by atoms with van der Waals surface area (Å²) >= 11 is 0. The Bertz CT molecular complexity index is 940. The average molecular weight is 342 g/mol. The smallest absolute Gasteiger partial charge is 0.341 e. The SMILES string of the molecule is CCOC(=O)c1cnc2c(cnn2C)c1NCc1c(C)nn(C)c1C. The predicted molar refractivity (Wildman–Crippen MR) is 94.5 cm³/mol. The number of carbonyl (C=O) groups excluding carboxylic acids is 1. The van der Waals surface area contributed by atoms with Gasteiger partial charge in [0.15, 0.2) is 5.65 Å². The Balaban J connectivity index is 2.03. The Labute approximate surface area is 145 Å². The van der Waals surface area contributed by atoms with Crippen molar-refractivity contribution in [3.63, 3.8) is 0 Å². The minimum Gasteiger partial charge on any atom is -0.462 e. The van der Waals surface area contributed by atoms with Gasteiger partial charge in [-0.2, -0.15) is 10.2 Å². The number of aryl methyl sites for hydroxylation is 3. The zero-order chi connectivity index (χ0) is 18.1. The van der Waals surface area contributed by atoms with Gasteiger partial charge in [-0.25, -0.2) is 9.78 Å². The number of rotatable bonds is 5. The molecule has 0 unspecified atom stereocenters. The van der Waals surface area contributed by atoms with Gasteiger partial charge in [0.25, 0.3) is 0 Å². The maximum absolute atomic E-state index is 12.3. The van der Waals surface area contributed by atoms with Gasteiger partial charge in [-0.1, -0.05) is 0 Å². The standard InChI is InChI=1S/C17H22N6O2/c1-6-25-17(24)14-8-19-16-13(9-20-23(16)5)15(14)18-7-12-10(2)21-22(4)11(12)3/h8-9H,6-7H2,1-5H3,(H,18,19). The van der Waals surface area contributed by atoms with Crippen molar-refractivity contribution in [1.82, 2.24) is 24.5 Å². The van der Waals surface area contributed by atoms with Crippen LogP contribution in [0.4, 0.5) is 5.69 Å². The molecule has 0 aliphatic rings. The fourth-order valence-corrected chi connectivity index (χ4v) is 2.90. The number of ether oxygens (including phenoxy) is 1. The second kappa shape index (κ2) is 6.54. The first kappa shape index (κ1) is 16.9. The Morgan fingerprint density at radius 2 is 2.00 bits per heavy atom. The monoisotopic (exact) mass is 342 g/mol. The molecule has 8 heteroatoms. The number of esters is 1. The fraction of sp³-hybridized carbons (Fsp3) is 0.412. The molecule has 0 aromatic carbocycles. The zero-order valence-corrected chi connectivity index (χ0v) is 15.1. The molecule has 0 saturated heterocycles. The lowest BCUT2D eigenvalue weighted by Gasteiger charge is -2.13. The summed E-state index contributed by atoms with van der Waals surface area (Å²) in [7, 11) is 3.74. The first-order valence-electron chi connectivity index (χ1n) is 8.14. The molecule has 8 nitrogen and oxygen atoms in total. The molecule has 0 fully saturated rings. The van der Waals surface area contributed by atoms with Crippen molar-refractivity contribution >= 4 is 22.7 Å². The summed E-state index contributed by atoms with van der Waals surface area (Å²) in [6.45, 7) is 6.64. The number of nitrogens with zero attached hydrogens (tertiary/aromatic N) is 5. The van der Waals surface area contributed by atoms with E-state index in [4.69, 9.17) is 4.74 Å². The second-order valence-corrected chi connectivity index (χ2v) is 5.90. The summed E-state index contributed by atoms with van der Waals surface area (Å²) < 4.78 is 8.69. The van der Waals surface area contributed by atoms with Crippen molar-refractivity contribution in [2.24, 2.45) is 14.1 Å². The number of pyridine rings is 1. The minimum atomic E-state index is -0.400. The summed E-state index contributed by atoms with van der Waals surface area (Å²) in [6, 6.07) is 0. The van der Waals surface area contributed by atoms with Crippen molar-refractivity contribution in [2.75, 3.05) is 11.9 Å². The Hall–Kier alpha value is -2.90. The van der Waals surface area contributed by atoms with Crippen LogP contribution in [0.15, 0.2) is 12.4 Å². The quantitative estimate of drug-likeness (QED) is 0.715. The molecule has 0 bridgehead atoms. The van der Waals surface area contributed by atoms with Gasteiger partial charge in [0.05, 0.1) is 29.6 Å².